The maximum Gasteiger partial charge on any atom is 0.287 e. The summed E-state index contributed by atoms with van der Waals surface area (Å²) in [6.45, 7) is 5.97. The SMILES string of the molecule is CCC(O)(CC)CNc1ncc([N+](=O)[O-])cc1C. The molecule has 6 heteroatoms. The zero-order valence-electron chi connectivity index (χ0n) is 10.9. The van der Waals surface area contributed by atoms with Gasteiger partial charge in [-0.25, -0.2) is 4.98 Å². The van der Waals surface area contributed by atoms with Crippen molar-refractivity contribution in [1.29, 1.82) is 0 Å². The normalized spacial score (nSPS) is 11.3. The molecule has 0 aliphatic carbocycles. The Morgan fingerprint density at radius 2 is 2.11 bits per heavy atom. The average molecular weight is 253 g/mol. The molecule has 0 atom stereocenters. The van der Waals surface area contributed by atoms with Gasteiger partial charge in [-0.15, -0.1) is 0 Å². The number of aromatic nitrogens is 1. The van der Waals surface area contributed by atoms with Crippen LogP contribution in [0.4, 0.5) is 11.5 Å². The molecule has 6 nitrogen and oxygen atoms in total. The number of rotatable bonds is 6. The third-order valence-corrected chi connectivity index (χ3v) is 3.18. The van der Waals surface area contributed by atoms with Crippen LogP contribution in [0.5, 0.6) is 0 Å². The molecule has 18 heavy (non-hydrogen) atoms. The predicted octanol–water partition coefficient (Wildman–Crippen LogP) is 2.26. The van der Waals surface area contributed by atoms with E-state index in [4.69, 9.17) is 0 Å². The summed E-state index contributed by atoms with van der Waals surface area (Å²) in [6, 6.07) is 1.46. The summed E-state index contributed by atoms with van der Waals surface area (Å²) in [5.41, 5.74) is -0.103. The lowest BCUT2D eigenvalue weighted by Crippen LogP contribution is -2.35. The van der Waals surface area contributed by atoms with Crippen molar-refractivity contribution in [2.75, 3.05) is 11.9 Å². The third-order valence-electron chi connectivity index (χ3n) is 3.18. The molecule has 0 unspecified atom stereocenters. The first kappa shape index (κ1) is 14.4. The molecule has 1 aromatic rings. The Labute approximate surface area is 106 Å². The number of nitrogens with one attached hydrogen (secondary N) is 1. The van der Waals surface area contributed by atoms with E-state index in [1.807, 2.05) is 13.8 Å². The summed E-state index contributed by atoms with van der Waals surface area (Å²) in [7, 11) is 0. The lowest BCUT2D eigenvalue weighted by Gasteiger charge is -2.25. The van der Waals surface area contributed by atoms with Gasteiger partial charge in [0.05, 0.1) is 10.5 Å². The Morgan fingerprint density at radius 1 is 1.50 bits per heavy atom. The molecule has 0 aliphatic rings. The van der Waals surface area contributed by atoms with Gasteiger partial charge in [0, 0.05) is 12.6 Å². The number of nitrogens with zero attached hydrogens (tertiary/aromatic N) is 2. The highest BCUT2D eigenvalue weighted by Crippen LogP contribution is 2.20. The summed E-state index contributed by atoms with van der Waals surface area (Å²) < 4.78 is 0. The van der Waals surface area contributed by atoms with Crippen molar-refractivity contribution < 1.29 is 10.0 Å². The molecule has 1 heterocycles. The maximum atomic E-state index is 10.6. The predicted molar refractivity (Wildman–Crippen MR) is 69.6 cm³/mol. The highest BCUT2D eigenvalue weighted by molar-refractivity contribution is 5.48. The summed E-state index contributed by atoms with van der Waals surface area (Å²) in [5.74, 6) is 0.570. The van der Waals surface area contributed by atoms with Crippen molar-refractivity contribution in [2.24, 2.45) is 0 Å². The van der Waals surface area contributed by atoms with Crippen LogP contribution in [0.2, 0.25) is 0 Å². The lowest BCUT2D eigenvalue weighted by atomic mass is 9.97. The van der Waals surface area contributed by atoms with Gasteiger partial charge < -0.3 is 10.4 Å². The fourth-order valence-electron chi connectivity index (χ4n) is 1.59. The molecule has 0 saturated carbocycles. The topological polar surface area (TPSA) is 88.3 Å². The zero-order chi connectivity index (χ0) is 13.8. The van der Waals surface area contributed by atoms with E-state index in [1.165, 1.54) is 12.3 Å². The number of nitro groups is 1. The molecular formula is C12H19N3O3. The standard InChI is InChI=1S/C12H19N3O3/c1-4-12(16,5-2)8-14-11-9(3)6-10(7-13-11)15(17)18/h6-7,16H,4-5,8H2,1-3H3,(H,13,14). The van der Waals surface area contributed by atoms with E-state index < -0.39 is 10.5 Å². The van der Waals surface area contributed by atoms with E-state index in [0.717, 1.165) is 0 Å². The minimum absolute atomic E-state index is 0.0284. The van der Waals surface area contributed by atoms with Crippen LogP contribution in [-0.4, -0.2) is 27.2 Å². The number of aryl methyl sites for hydroxylation is 1. The Balaban J connectivity index is 2.77. The Hall–Kier alpha value is -1.69. The van der Waals surface area contributed by atoms with Gasteiger partial charge in [0.25, 0.3) is 5.69 Å². The van der Waals surface area contributed by atoms with Crippen LogP contribution in [0.3, 0.4) is 0 Å². The number of hydrogen-bond acceptors (Lipinski definition) is 5. The fraction of sp³-hybridized carbons (Fsp3) is 0.583. The van der Waals surface area contributed by atoms with Crippen LogP contribution in [0.15, 0.2) is 12.3 Å². The second kappa shape index (κ2) is 5.77. The third kappa shape index (κ3) is 3.40. The van der Waals surface area contributed by atoms with Crippen LogP contribution in [0, 0.1) is 17.0 Å². The van der Waals surface area contributed by atoms with Crippen LogP contribution in [0.1, 0.15) is 32.3 Å². The number of aliphatic hydroxyl groups is 1. The van der Waals surface area contributed by atoms with Gasteiger partial charge in [-0.3, -0.25) is 10.1 Å². The van der Waals surface area contributed by atoms with Gasteiger partial charge in [0.1, 0.15) is 12.0 Å². The Morgan fingerprint density at radius 3 is 2.56 bits per heavy atom. The van der Waals surface area contributed by atoms with E-state index in [-0.39, 0.29) is 5.69 Å². The number of anilines is 1. The van der Waals surface area contributed by atoms with E-state index >= 15 is 0 Å². The molecule has 0 amide bonds. The first-order valence-electron chi connectivity index (χ1n) is 5.99. The van der Waals surface area contributed by atoms with Crippen LogP contribution >= 0.6 is 0 Å². The van der Waals surface area contributed by atoms with Crippen molar-refractivity contribution in [3.63, 3.8) is 0 Å². The molecule has 0 aromatic carbocycles. The monoisotopic (exact) mass is 253 g/mol. The van der Waals surface area contributed by atoms with Crippen molar-refractivity contribution >= 4 is 11.5 Å². The summed E-state index contributed by atoms with van der Waals surface area (Å²) >= 11 is 0. The molecule has 0 radical (unpaired) electrons. The summed E-state index contributed by atoms with van der Waals surface area (Å²) in [6.07, 6.45) is 2.50. The van der Waals surface area contributed by atoms with E-state index in [1.54, 1.807) is 6.92 Å². The molecule has 0 fully saturated rings. The van der Waals surface area contributed by atoms with Crippen LogP contribution in [0.25, 0.3) is 0 Å². The molecular weight excluding hydrogens is 234 g/mol. The van der Waals surface area contributed by atoms with Crippen molar-refractivity contribution in [1.82, 2.24) is 4.98 Å². The molecule has 0 spiro atoms. The van der Waals surface area contributed by atoms with Gasteiger partial charge in [0.2, 0.25) is 0 Å². The van der Waals surface area contributed by atoms with Gasteiger partial charge in [0.15, 0.2) is 0 Å². The van der Waals surface area contributed by atoms with Gasteiger partial charge in [-0.1, -0.05) is 13.8 Å². The average Bonchev–Trinajstić information content (AvgIpc) is 2.36. The molecule has 0 saturated heterocycles. The highest BCUT2D eigenvalue weighted by atomic mass is 16.6. The molecule has 100 valence electrons. The first-order valence-corrected chi connectivity index (χ1v) is 5.99. The molecule has 0 aliphatic heterocycles. The minimum atomic E-state index is -0.768. The van der Waals surface area contributed by atoms with Crippen molar-refractivity contribution in [3.05, 3.63) is 27.9 Å². The Bertz CT molecular complexity index is 431. The van der Waals surface area contributed by atoms with Crippen LogP contribution < -0.4 is 5.32 Å². The first-order chi connectivity index (χ1) is 8.41. The zero-order valence-corrected chi connectivity index (χ0v) is 10.9. The van der Waals surface area contributed by atoms with E-state index in [0.29, 0.717) is 30.8 Å². The fourth-order valence-corrected chi connectivity index (χ4v) is 1.59. The lowest BCUT2D eigenvalue weighted by molar-refractivity contribution is -0.385. The second-order valence-electron chi connectivity index (χ2n) is 4.40. The van der Waals surface area contributed by atoms with E-state index in [9.17, 15) is 15.2 Å². The second-order valence-corrected chi connectivity index (χ2v) is 4.40. The molecule has 1 aromatic heterocycles. The van der Waals surface area contributed by atoms with E-state index in [2.05, 4.69) is 10.3 Å². The van der Waals surface area contributed by atoms with Crippen LogP contribution in [-0.2, 0) is 0 Å². The maximum absolute atomic E-state index is 10.6. The number of hydrogen-bond donors (Lipinski definition) is 2. The summed E-state index contributed by atoms with van der Waals surface area (Å²) in [5, 5.41) is 23.7. The molecule has 1 rings (SSSR count). The smallest absolute Gasteiger partial charge is 0.287 e. The van der Waals surface area contributed by atoms with Gasteiger partial charge >= 0.3 is 0 Å². The van der Waals surface area contributed by atoms with Gasteiger partial charge in [-0.05, 0) is 25.3 Å². The molecule has 0 bridgehead atoms. The van der Waals surface area contributed by atoms with Crippen molar-refractivity contribution in [3.8, 4) is 0 Å². The Kier molecular flexibility index (Phi) is 4.61. The minimum Gasteiger partial charge on any atom is -0.388 e. The molecule has 2 N–H and O–H groups in total. The largest absolute Gasteiger partial charge is 0.388 e. The number of pyridine rings is 1. The quantitative estimate of drug-likeness (QED) is 0.599. The highest BCUT2D eigenvalue weighted by Gasteiger charge is 2.22. The van der Waals surface area contributed by atoms with Crippen molar-refractivity contribution in [2.45, 2.75) is 39.2 Å². The van der Waals surface area contributed by atoms with Gasteiger partial charge in [-0.2, -0.15) is 0 Å². The summed E-state index contributed by atoms with van der Waals surface area (Å²) in [4.78, 5) is 14.1.